The highest BCUT2D eigenvalue weighted by molar-refractivity contribution is 6.35. The van der Waals surface area contributed by atoms with Crippen LogP contribution in [0.1, 0.15) is 0 Å². The fourth-order valence-electron chi connectivity index (χ4n) is 2.49. The number of amides is 3. The first-order chi connectivity index (χ1) is 12.9. The van der Waals surface area contributed by atoms with Gasteiger partial charge in [-0.15, -0.1) is 0 Å². The van der Waals surface area contributed by atoms with Crippen molar-refractivity contribution < 1.29 is 19.1 Å². The molecule has 0 saturated carbocycles. The molecule has 2 aromatic carbocycles. The zero-order valence-corrected chi connectivity index (χ0v) is 15.5. The maximum absolute atomic E-state index is 12.2. The molecular weight excluding hydrogens is 393 g/mol. The molecule has 0 bridgehead atoms. The van der Waals surface area contributed by atoms with E-state index in [0.717, 1.165) is 0 Å². The Morgan fingerprint density at radius 1 is 1.11 bits per heavy atom. The molecule has 0 unspecified atom stereocenters. The fraction of sp³-hybridized carbons (Fsp3) is 0.167. The van der Waals surface area contributed by atoms with E-state index in [-0.39, 0.29) is 25.6 Å². The van der Waals surface area contributed by atoms with Gasteiger partial charge in [0.2, 0.25) is 11.8 Å². The first kappa shape index (κ1) is 19.0. The van der Waals surface area contributed by atoms with Crippen LogP contribution < -0.4 is 20.3 Å². The van der Waals surface area contributed by atoms with Gasteiger partial charge >= 0.3 is 0 Å². The quantitative estimate of drug-likeness (QED) is 0.796. The van der Waals surface area contributed by atoms with E-state index in [1.807, 2.05) is 0 Å². The van der Waals surface area contributed by atoms with Crippen molar-refractivity contribution in [1.29, 1.82) is 0 Å². The maximum atomic E-state index is 12.2. The number of carbonyl (C=O) groups is 3. The fourth-order valence-corrected chi connectivity index (χ4v) is 2.83. The number of halogens is 2. The summed E-state index contributed by atoms with van der Waals surface area (Å²) in [7, 11) is 0. The van der Waals surface area contributed by atoms with Crippen molar-refractivity contribution in [2.75, 3.05) is 29.9 Å². The van der Waals surface area contributed by atoms with Gasteiger partial charge in [-0.1, -0.05) is 35.3 Å². The van der Waals surface area contributed by atoms with Crippen LogP contribution in [0, 0.1) is 0 Å². The molecule has 0 saturated heterocycles. The highest BCUT2D eigenvalue weighted by Crippen LogP contribution is 2.31. The van der Waals surface area contributed by atoms with Gasteiger partial charge in [-0.05, 0) is 30.3 Å². The van der Waals surface area contributed by atoms with Gasteiger partial charge in [0.25, 0.3) is 5.91 Å². The number of para-hydroxylation sites is 2. The van der Waals surface area contributed by atoms with Crippen LogP contribution in [0.25, 0.3) is 0 Å². The Balaban J connectivity index is 1.56. The van der Waals surface area contributed by atoms with Crippen LogP contribution >= 0.6 is 23.2 Å². The standard InChI is InChI=1S/C18H15Cl2N3O4/c19-11-5-6-12(20)13(7-11)22-16(24)8-21-17(25)9-23-14-3-1-2-4-15(14)27-10-18(23)26/h1-7H,8-10H2,(H,21,25)(H,22,24). The molecule has 1 aliphatic heterocycles. The molecule has 0 atom stereocenters. The second-order valence-electron chi connectivity index (χ2n) is 5.69. The Morgan fingerprint density at radius 3 is 2.70 bits per heavy atom. The van der Waals surface area contributed by atoms with E-state index in [2.05, 4.69) is 10.6 Å². The van der Waals surface area contributed by atoms with Gasteiger partial charge in [0, 0.05) is 5.02 Å². The van der Waals surface area contributed by atoms with Gasteiger partial charge in [-0.3, -0.25) is 19.3 Å². The van der Waals surface area contributed by atoms with Crippen LogP contribution in [0.2, 0.25) is 10.0 Å². The van der Waals surface area contributed by atoms with Gasteiger partial charge in [0.15, 0.2) is 6.61 Å². The number of nitrogens with one attached hydrogen (secondary N) is 2. The molecule has 2 aromatic rings. The Hall–Kier alpha value is -2.77. The molecule has 27 heavy (non-hydrogen) atoms. The minimum atomic E-state index is -0.479. The normalized spacial score (nSPS) is 12.8. The van der Waals surface area contributed by atoms with Gasteiger partial charge in [-0.2, -0.15) is 0 Å². The third-order valence-electron chi connectivity index (χ3n) is 3.76. The molecule has 2 N–H and O–H groups in total. The predicted octanol–water partition coefficient (Wildman–Crippen LogP) is 2.47. The Morgan fingerprint density at radius 2 is 1.89 bits per heavy atom. The summed E-state index contributed by atoms with van der Waals surface area (Å²) in [6.07, 6.45) is 0. The van der Waals surface area contributed by atoms with Crippen LogP contribution in [-0.4, -0.2) is 37.4 Å². The van der Waals surface area contributed by atoms with E-state index in [9.17, 15) is 14.4 Å². The molecule has 0 aliphatic carbocycles. The lowest BCUT2D eigenvalue weighted by molar-refractivity contribution is -0.126. The van der Waals surface area contributed by atoms with E-state index in [1.165, 1.54) is 11.0 Å². The largest absolute Gasteiger partial charge is 0.482 e. The summed E-state index contributed by atoms with van der Waals surface area (Å²) >= 11 is 11.8. The molecule has 1 aliphatic rings. The first-order valence-corrected chi connectivity index (χ1v) is 8.73. The number of benzene rings is 2. The molecule has 0 aromatic heterocycles. The third-order valence-corrected chi connectivity index (χ3v) is 4.32. The van der Waals surface area contributed by atoms with Crippen LogP contribution in [-0.2, 0) is 14.4 Å². The van der Waals surface area contributed by atoms with Crippen molar-refractivity contribution in [2.24, 2.45) is 0 Å². The van der Waals surface area contributed by atoms with E-state index in [1.54, 1.807) is 36.4 Å². The summed E-state index contributed by atoms with van der Waals surface area (Å²) < 4.78 is 5.32. The number of fused-ring (bicyclic) bond motifs is 1. The van der Waals surface area contributed by atoms with E-state index in [0.29, 0.717) is 27.2 Å². The van der Waals surface area contributed by atoms with Gasteiger partial charge in [-0.25, -0.2) is 0 Å². The molecule has 3 rings (SSSR count). The number of anilines is 2. The predicted molar refractivity (Wildman–Crippen MR) is 102 cm³/mol. The van der Waals surface area contributed by atoms with E-state index >= 15 is 0 Å². The smallest absolute Gasteiger partial charge is 0.265 e. The summed E-state index contributed by atoms with van der Waals surface area (Å²) in [5, 5.41) is 5.79. The molecule has 0 spiro atoms. The van der Waals surface area contributed by atoms with E-state index < -0.39 is 11.8 Å². The molecule has 7 nitrogen and oxygen atoms in total. The van der Waals surface area contributed by atoms with Crippen LogP contribution in [0.3, 0.4) is 0 Å². The summed E-state index contributed by atoms with van der Waals surface area (Å²) in [6, 6.07) is 11.6. The zero-order valence-electron chi connectivity index (χ0n) is 14.0. The topological polar surface area (TPSA) is 87.7 Å². The molecule has 0 fully saturated rings. The number of hydrogen-bond acceptors (Lipinski definition) is 4. The van der Waals surface area contributed by atoms with Crippen molar-refractivity contribution in [3.05, 3.63) is 52.5 Å². The van der Waals surface area contributed by atoms with Gasteiger partial charge in [0.1, 0.15) is 12.3 Å². The monoisotopic (exact) mass is 407 g/mol. The lowest BCUT2D eigenvalue weighted by Gasteiger charge is -2.28. The average molecular weight is 408 g/mol. The molecule has 9 heteroatoms. The van der Waals surface area contributed by atoms with Gasteiger partial charge < -0.3 is 15.4 Å². The minimum absolute atomic E-state index is 0.141. The maximum Gasteiger partial charge on any atom is 0.265 e. The van der Waals surface area contributed by atoms with Crippen molar-refractivity contribution in [3.63, 3.8) is 0 Å². The van der Waals surface area contributed by atoms with Crippen LogP contribution in [0.15, 0.2) is 42.5 Å². The number of hydrogen-bond donors (Lipinski definition) is 2. The Labute approximate surface area is 165 Å². The van der Waals surface area contributed by atoms with Gasteiger partial charge in [0.05, 0.1) is 22.9 Å². The second kappa shape index (κ2) is 8.28. The lowest BCUT2D eigenvalue weighted by Crippen LogP contribution is -2.46. The SMILES string of the molecule is O=C(CN1C(=O)COc2ccccc21)NCC(=O)Nc1cc(Cl)ccc1Cl. The lowest BCUT2D eigenvalue weighted by atomic mass is 10.2. The van der Waals surface area contributed by atoms with Crippen LogP contribution in [0.4, 0.5) is 11.4 Å². The molecular formula is C18H15Cl2N3O4. The molecule has 1 heterocycles. The summed E-state index contributed by atoms with van der Waals surface area (Å²) in [5.74, 6) is -0.758. The molecule has 0 radical (unpaired) electrons. The van der Waals surface area contributed by atoms with Crippen molar-refractivity contribution in [1.82, 2.24) is 5.32 Å². The summed E-state index contributed by atoms with van der Waals surface area (Å²) in [6.45, 7) is -0.635. The van der Waals surface area contributed by atoms with Crippen LogP contribution in [0.5, 0.6) is 5.75 Å². The zero-order chi connectivity index (χ0) is 19.4. The summed E-state index contributed by atoms with van der Waals surface area (Å²) in [5.41, 5.74) is 0.861. The minimum Gasteiger partial charge on any atom is -0.482 e. The number of ether oxygens (including phenoxy) is 1. The average Bonchev–Trinajstić information content (AvgIpc) is 2.65. The third kappa shape index (κ3) is 4.69. The number of carbonyl (C=O) groups excluding carboxylic acids is 3. The molecule has 3 amide bonds. The summed E-state index contributed by atoms with van der Waals surface area (Å²) in [4.78, 5) is 37.6. The second-order valence-corrected chi connectivity index (χ2v) is 6.53. The highest BCUT2D eigenvalue weighted by Gasteiger charge is 2.27. The van der Waals surface area contributed by atoms with Crippen molar-refractivity contribution in [2.45, 2.75) is 0 Å². The van der Waals surface area contributed by atoms with Crippen molar-refractivity contribution in [3.8, 4) is 5.75 Å². The number of rotatable bonds is 5. The highest BCUT2D eigenvalue weighted by atomic mass is 35.5. The first-order valence-electron chi connectivity index (χ1n) is 7.98. The van der Waals surface area contributed by atoms with Crippen molar-refractivity contribution >= 4 is 52.3 Å². The van der Waals surface area contributed by atoms with E-state index in [4.69, 9.17) is 27.9 Å². The Kier molecular flexibility index (Phi) is 5.83. The molecule has 140 valence electrons. The Bertz CT molecular complexity index is 904. The number of nitrogens with zero attached hydrogens (tertiary/aromatic N) is 1.